The molecule has 1 fully saturated rings. The van der Waals surface area contributed by atoms with Crippen molar-refractivity contribution in [3.05, 3.63) is 42.1 Å². The maximum atomic E-state index is 14.4. The molecule has 0 atom stereocenters. The highest BCUT2D eigenvalue weighted by molar-refractivity contribution is 5.69. The van der Waals surface area contributed by atoms with E-state index in [0.29, 0.717) is 24.7 Å². The zero-order chi connectivity index (χ0) is 19.9. The van der Waals surface area contributed by atoms with E-state index in [1.807, 2.05) is 0 Å². The van der Waals surface area contributed by atoms with Gasteiger partial charge in [-0.2, -0.15) is 0 Å². The molecule has 1 N–H and O–H groups in total. The minimum atomic E-state index is -0.992. The van der Waals surface area contributed by atoms with Gasteiger partial charge in [-0.1, -0.05) is 0 Å². The lowest BCUT2D eigenvalue weighted by molar-refractivity contribution is -0.137. The van der Waals surface area contributed by atoms with Gasteiger partial charge in [0.05, 0.1) is 19.8 Å². The van der Waals surface area contributed by atoms with E-state index in [0.717, 1.165) is 25.0 Å². The van der Waals surface area contributed by atoms with Gasteiger partial charge in [-0.15, -0.1) is 0 Å². The Bertz CT molecular complexity index is 801. The lowest BCUT2D eigenvalue weighted by atomic mass is 10.1. The van der Waals surface area contributed by atoms with E-state index in [2.05, 4.69) is 4.98 Å². The second kappa shape index (κ2) is 9.45. The molecule has 0 bridgehead atoms. The number of aromatic nitrogens is 1. The van der Waals surface area contributed by atoms with E-state index in [1.165, 1.54) is 0 Å². The summed E-state index contributed by atoms with van der Waals surface area (Å²) in [5.41, 5.74) is 0.757. The second-order valence-corrected chi connectivity index (χ2v) is 6.40. The summed E-state index contributed by atoms with van der Waals surface area (Å²) in [7, 11) is 0. The van der Waals surface area contributed by atoms with E-state index >= 15 is 0 Å². The van der Waals surface area contributed by atoms with Gasteiger partial charge in [-0.3, -0.25) is 4.79 Å². The first kappa shape index (κ1) is 20.0. The van der Waals surface area contributed by atoms with Crippen LogP contribution in [-0.2, 0) is 9.53 Å². The lowest BCUT2D eigenvalue weighted by Crippen LogP contribution is -2.26. The summed E-state index contributed by atoms with van der Waals surface area (Å²) < 4.78 is 45.1. The fraction of sp³-hybridized carbons (Fsp3) is 0.400. The summed E-state index contributed by atoms with van der Waals surface area (Å²) in [6.07, 6.45) is 2.97. The standard InChI is InChI=1S/C20H21F2NO5/c21-16-11-13(12-17(22)19(16)27-8-2-4-18(24)25)15-3-1-7-23-20(15)28-14-5-9-26-10-6-14/h1,3,7,11-12,14H,2,4-6,8-10H2,(H,24,25). The first-order valence-corrected chi connectivity index (χ1v) is 9.08. The molecular formula is C20H21F2NO5. The molecule has 0 aliphatic carbocycles. The summed E-state index contributed by atoms with van der Waals surface area (Å²) in [5.74, 6) is -2.95. The summed E-state index contributed by atoms with van der Waals surface area (Å²) in [6, 6.07) is 5.66. The van der Waals surface area contributed by atoms with Gasteiger partial charge < -0.3 is 19.3 Å². The van der Waals surface area contributed by atoms with Crippen molar-refractivity contribution in [3.8, 4) is 22.8 Å². The van der Waals surface area contributed by atoms with Crippen LogP contribution in [0.1, 0.15) is 25.7 Å². The number of ether oxygens (including phenoxy) is 3. The highest BCUT2D eigenvalue weighted by Gasteiger charge is 2.20. The van der Waals surface area contributed by atoms with Crippen molar-refractivity contribution in [2.45, 2.75) is 31.8 Å². The molecule has 0 saturated carbocycles. The van der Waals surface area contributed by atoms with E-state index in [1.54, 1.807) is 18.3 Å². The van der Waals surface area contributed by atoms with Crippen LogP contribution in [0.4, 0.5) is 8.78 Å². The minimum absolute atomic E-state index is 0.0612. The van der Waals surface area contributed by atoms with Crippen LogP contribution in [0, 0.1) is 11.6 Å². The monoisotopic (exact) mass is 393 g/mol. The van der Waals surface area contributed by atoms with Crippen LogP contribution in [-0.4, -0.2) is 42.0 Å². The molecule has 150 valence electrons. The Morgan fingerprint density at radius 3 is 2.64 bits per heavy atom. The average Bonchev–Trinajstić information content (AvgIpc) is 2.67. The predicted molar refractivity (Wildman–Crippen MR) is 96.4 cm³/mol. The SMILES string of the molecule is O=C(O)CCCOc1c(F)cc(-c2cccnc2OC2CCOCC2)cc1F. The number of carbonyl (C=O) groups is 1. The number of hydrogen-bond acceptors (Lipinski definition) is 5. The fourth-order valence-electron chi connectivity index (χ4n) is 2.91. The Balaban J connectivity index is 1.77. The van der Waals surface area contributed by atoms with E-state index in [-0.39, 0.29) is 31.1 Å². The van der Waals surface area contributed by atoms with Crippen LogP contribution in [0.3, 0.4) is 0 Å². The second-order valence-electron chi connectivity index (χ2n) is 6.40. The van der Waals surface area contributed by atoms with Gasteiger partial charge in [-0.05, 0) is 36.2 Å². The Morgan fingerprint density at radius 1 is 1.25 bits per heavy atom. The molecule has 1 saturated heterocycles. The van der Waals surface area contributed by atoms with Gasteiger partial charge in [0.1, 0.15) is 6.10 Å². The quantitative estimate of drug-likeness (QED) is 0.687. The normalized spacial score (nSPS) is 14.6. The van der Waals surface area contributed by atoms with Crippen LogP contribution >= 0.6 is 0 Å². The van der Waals surface area contributed by atoms with Gasteiger partial charge >= 0.3 is 5.97 Å². The first-order chi connectivity index (χ1) is 13.5. The zero-order valence-electron chi connectivity index (χ0n) is 15.2. The molecule has 0 radical (unpaired) electrons. The van der Waals surface area contributed by atoms with Crippen molar-refractivity contribution in [1.82, 2.24) is 4.98 Å². The van der Waals surface area contributed by atoms with Gasteiger partial charge in [0.2, 0.25) is 5.88 Å². The molecule has 2 heterocycles. The topological polar surface area (TPSA) is 77.9 Å². The van der Waals surface area contributed by atoms with Crippen molar-refractivity contribution in [3.63, 3.8) is 0 Å². The third kappa shape index (κ3) is 5.16. The Hall–Kier alpha value is -2.74. The first-order valence-electron chi connectivity index (χ1n) is 9.08. The molecule has 6 nitrogen and oxygen atoms in total. The molecule has 1 aliphatic heterocycles. The molecule has 0 amide bonds. The zero-order valence-corrected chi connectivity index (χ0v) is 15.2. The molecule has 0 unspecified atom stereocenters. The molecule has 1 aromatic heterocycles. The number of halogens is 2. The van der Waals surface area contributed by atoms with Crippen molar-refractivity contribution >= 4 is 5.97 Å². The van der Waals surface area contributed by atoms with Crippen LogP contribution < -0.4 is 9.47 Å². The molecule has 8 heteroatoms. The molecule has 2 aromatic rings. The number of aliphatic carboxylic acids is 1. The van der Waals surface area contributed by atoms with Crippen LogP contribution in [0.25, 0.3) is 11.1 Å². The largest absolute Gasteiger partial charge is 0.488 e. The summed E-state index contributed by atoms with van der Waals surface area (Å²) in [5, 5.41) is 8.60. The third-order valence-electron chi connectivity index (χ3n) is 4.31. The maximum Gasteiger partial charge on any atom is 0.303 e. The number of pyridine rings is 1. The Kier molecular flexibility index (Phi) is 6.76. The van der Waals surface area contributed by atoms with Gasteiger partial charge in [-0.25, -0.2) is 13.8 Å². The van der Waals surface area contributed by atoms with E-state index in [4.69, 9.17) is 19.3 Å². The van der Waals surface area contributed by atoms with Gasteiger partial charge in [0.25, 0.3) is 0 Å². The molecule has 1 aliphatic rings. The number of carboxylic acid groups (broad SMARTS) is 1. The van der Waals surface area contributed by atoms with Crippen molar-refractivity contribution in [2.24, 2.45) is 0 Å². The summed E-state index contributed by atoms with van der Waals surface area (Å²) in [4.78, 5) is 14.7. The van der Waals surface area contributed by atoms with Crippen LogP contribution in [0.15, 0.2) is 30.5 Å². The molecule has 28 heavy (non-hydrogen) atoms. The van der Waals surface area contributed by atoms with Crippen LogP contribution in [0.5, 0.6) is 11.6 Å². The molecule has 3 rings (SSSR count). The molecule has 0 spiro atoms. The number of hydrogen-bond donors (Lipinski definition) is 1. The number of nitrogens with zero attached hydrogens (tertiary/aromatic N) is 1. The van der Waals surface area contributed by atoms with Crippen molar-refractivity contribution in [2.75, 3.05) is 19.8 Å². The van der Waals surface area contributed by atoms with Crippen LogP contribution in [0.2, 0.25) is 0 Å². The van der Waals surface area contributed by atoms with Gasteiger partial charge in [0.15, 0.2) is 17.4 Å². The van der Waals surface area contributed by atoms with E-state index in [9.17, 15) is 13.6 Å². The number of rotatable bonds is 8. The number of benzene rings is 1. The maximum absolute atomic E-state index is 14.4. The minimum Gasteiger partial charge on any atom is -0.488 e. The predicted octanol–water partition coefficient (Wildman–Crippen LogP) is 3.83. The Labute approximate surface area is 161 Å². The number of carboxylic acids is 1. The smallest absolute Gasteiger partial charge is 0.303 e. The highest BCUT2D eigenvalue weighted by Crippen LogP contribution is 2.34. The van der Waals surface area contributed by atoms with Crippen molar-refractivity contribution in [1.29, 1.82) is 0 Å². The van der Waals surface area contributed by atoms with Gasteiger partial charge in [0, 0.05) is 31.0 Å². The molecular weight excluding hydrogens is 372 g/mol. The Morgan fingerprint density at radius 2 is 1.96 bits per heavy atom. The summed E-state index contributed by atoms with van der Waals surface area (Å²) in [6.45, 7) is 1.11. The fourth-order valence-corrected chi connectivity index (χ4v) is 2.91. The summed E-state index contributed by atoms with van der Waals surface area (Å²) >= 11 is 0. The van der Waals surface area contributed by atoms with E-state index < -0.39 is 23.4 Å². The third-order valence-corrected chi connectivity index (χ3v) is 4.31. The highest BCUT2D eigenvalue weighted by atomic mass is 19.1. The average molecular weight is 393 g/mol. The lowest BCUT2D eigenvalue weighted by Gasteiger charge is -2.23. The molecule has 1 aromatic carbocycles. The van der Waals surface area contributed by atoms with Crippen molar-refractivity contribution < 1.29 is 32.9 Å².